The fraction of sp³-hybridized carbons (Fsp3) is 0.0625. The molecule has 0 saturated heterocycles. The molecule has 0 fully saturated rings. The van der Waals surface area contributed by atoms with Gasteiger partial charge >= 0.3 is 0 Å². The molecule has 1 aromatic carbocycles. The molecule has 0 atom stereocenters. The van der Waals surface area contributed by atoms with Crippen molar-refractivity contribution in [2.24, 2.45) is 0 Å². The number of furan rings is 1. The molecule has 0 spiro atoms. The lowest BCUT2D eigenvalue weighted by molar-refractivity contribution is 0.248. The van der Waals surface area contributed by atoms with Gasteiger partial charge in [0.05, 0.1) is 11.7 Å². The van der Waals surface area contributed by atoms with Crippen LogP contribution < -0.4 is 0 Å². The van der Waals surface area contributed by atoms with E-state index in [1.807, 2.05) is 36.5 Å². The molecule has 0 aliphatic heterocycles. The van der Waals surface area contributed by atoms with Gasteiger partial charge in [0.15, 0.2) is 5.76 Å². The van der Waals surface area contributed by atoms with E-state index in [0.29, 0.717) is 11.5 Å². The van der Waals surface area contributed by atoms with Crippen LogP contribution in [0.4, 0.5) is 0 Å². The monoisotopic (exact) mass is 264 g/mol. The number of aromatic nitrogens is 2. The highest BCUT2D eigenvalue weighted by atomic mass is 16.4. The molecule has 4 rings (SSSR count). The number of aliphatic hydroxyl groups is 1. The summed E-state index contributed by atoms with van der Waals surface area (Å²) < 4.78 is 5.53. The van der Waals surface area contributed by atoms with Gasteiger partial charge in [0.2, 0.25) is 0 Å². The molecule has 2 N–H and O–H groups in total. The predicted octanol–water partition coefficient (Wildman–Crippen LogP) is 3.47. The van der Waals surface area contributed by atoms with Crippen molar-refractivity contribution in [1.29, 1.82) is 0 Å². The number of aromatic amines is 1. The van der Waals surface area contributed by atoms with Crippen LogP contribution in [0, 0.1) is 0 Å². The van der Waals surface area contributed by atoms with Crippen LogP contribution in [0.5, 0.6) is 0 Å². The van der Waals surface area contributed by atoms with Gasteiger partial charge in [0, 0.05) is 16.3 Å². The van der Waals surface area contributed by atoms with E-state index in [0.717, 1.165) is 22.1 Å². The highest BCUT2D eigenvalue weighted by molar-refractivity contribution is 6.07. The Hall–Kier alpha value is -2.59. The van der Waals surface area contributed by atoms with E-state index in [2.05, 4.69) is 16.0 Å². The summed E-state index contributed by atoms with van der Waals surface area (Å²) in [6.07, 6.45) is 1.81. The second-order valence-electron chi connectivity index (χ2n) is 4.71. The second kappa shape index (κ2) is 4.21. The lowest BCUT2D eigenvalue weighted by Gasteiger charge is -1.97. The van der Waals surface area contributed by atoms with Gasteiger partial charge in [-0.25, -0.2) is 0 Å². The fourth-order valence-corrected chi connectivity index (χ4v) is 2.49. The van der Waals surface area contributed by atoms with Crippen molar-refractivity contribution < 1.29 is 9.52 Å². The second-order valence-corrected chi connectivity index (χ2v) is 4.71. The number of para-hydroxylation sites is 1. The Bertz CT molecular complexity index is 905. The maximum absolute atomic E-state index is 9.06. The van der Waals surface area contributed by atoms with Crippen LogP contribution in [0.3, 0.4) is 0 Å². The molecule has 0 unspecified atom stereocenters. The summed E-state index contributed by atoms with van der Waals surface area (Å²) >= 11 is 0. The van der Waals surface area contributed by atoms with E-state index in [4.69, 9.17) is 9.52 Å². The van der Waals surface area contributed by atoms with E-state index >= 15 is 0 Å². The number of nitrogens with zero attached hydrogens (tertiary/aromatic N) is 1. The van der Waals surface area contributed by atoms with E-state index in [1.54, 1.807) is 6.07 Å². The number of aliphatic hydroxyl groups excluding tert-OH is 1. The van der Waals surface area contributed by atoms with E-state index in [1.165, 1.54) is 5.39 Å². The van der Waals surface area contributed by atoms with E-state index in [-0.39, 0.29) is 6.61 Å². The third-order valence-electron chi connectivity index (χ3n) is 3.46. The maximum Gasteiger partial charge on any atom is 0.152 e. The fourth-order valence-electron chi connectivity index (χ4n) is 2.49. The molecule has 4 nitrogen and oxygen atoms in total. The van der Waals surface area contributed by atoms with Crippen LogP contribution in [-0.4, -0.2) is 15.1 Å². The number of H-pyrrole nitrogens is 1. The Kier molecular flexibility index (Phi) is 2.37. The van der Waals surface area contributed by atoms with Gasteiger partial charge in [-0.05, 0) is 24.3 Å². The van der Waals surface area contributed by atoms with E-state index in [9.17, 15) is 0 Å². The molecular weight excluding hydrogens is 252 g/mol. The smallest absolute Gasteiger partial charge is 0.152 e. The number of rotatable bonds is 2. The van der Waals surface area contributed by atoms with Crippen molar-refractivity contribution in [3.63, 3.8) is 0 Å². The normalized spacial score (nSPS) is 11.4. The van der Waals surface area contributed by atoms with Crippen molar-refractivity contribution in [3.05, 3.63) is 54.4 Å². The zero-order valence-corrected chi connectivity index (χ0v) is 10.6. The number of benzene rings is 1. The highest BCUT2D eigenvalue weighted by Crippen LogP contribution is 2.29. The van der Waals surface area contributed by atoms with Gasteiger partial charge in [0.25, 0.3) is 0 Å². The molecule has 98 valence electrons. The van der Waals surface area contributed by atoms with Crippen LogP contribution >= 0.6 is 0 Å². The minimum Gasteiger partial charge on any atom is -0.457 e. The summed E-state index contributed by atoms with van der Waals surface area (Å²) in [7, 11) is 0. The van der Waals surface area contributed by atoms with Crippen molar-refractivity contribution in [3.8, 4) is 11.5 Å². The summed E-state index contributed by atoms with van der Waals surface area (Å²) in [5.41, 5.74) is 2.86. The standard InChI is InChI=1S/C16H12N2O2/c19-9-10-5-6-16(20-10)14-7-12-11-3-1-2-4-13(11)18-15(12)8-17-14/h1-8,18-19H,9H2. The van der Waals surface area contributed by atoms with Gasteiger partial charge < -0.3 is 14.5 Å². The maximum atomic E-state index is 9.06. The first kappa shape index (κ1) is 11.3. The Morgan fingerprint density at radius 3 is 2.80 bits per heavy atom. The van der Waals surface area contributed by atoms with Gasteiger partial charge in [-0.15, -0.1) is 0 Å². The van der Waals surface area contributed by atoms with Gasteiger partial charge in [-0.2, -0.15) is 0 Å². The Balaban J connectivity index is 1.95. The summed E-state index contributed by atoms with van der Waals surface area (Å²) in [6.45, 7) is -0.102. The average Bonchev–Trinajstić information content (AvgIpc) is 3.11. The summed E-state index contributed by atoms with van der Waals surface area (Å²) in [5.74, 6) is 1.21. The average molecular weight is 264 g/mol. The van der Waals surface area contributed by atoms with Crippen LogP contribution in [0.1, 0.15) is 5.76 Å². The van der Waals surface area contributed by atoms with E-state index < -0.39 is 0 Å². The van der Waals surface area contributed by atoms with Gasteiger partial charge in [-0.1, -0.05) is 18.2 Å². The van der Waals surface area contributed by atoms with Crippen molar-refractivity contribution in [1.82, 2.24) is 9.97 Å². The summed E-state index contributed by atoms with van der Waals surface area (Å²) in [6, 6.07) is 13.8. The van der Waals surface area contributed by atoms with Crippen LogP contribution in [0.25, 0.3) is 33.3 Å². The molecule has 4 heteroatoms. The Labute approximate surface area is 114 Å². The quantitative estimate of drug-likeness (QED) is 0.582. The molecule has 0 saturated carbocycles. The largest absolute Gasteiger partial charge is 0.457 e. The van der Waals surface area contributed by atoms with Crippen LogP contribution in [0.2, 0.25) is 0 Å². The molecule has 3 aromatic heterocycles. The molecule has 3 heterocycles. The van der Waals surface area contributed by atoms with Gasteiger partial charge in [-0.3, -0.25) is 4.98 Å². The number of hydrogen-bond donors (Lipinski definition) is 2. The van der Waals surface area contributed by atoms with Crippen LogP contribution in [-0.2, 0) is 6.61 Å². The van der Waals surface area contributed by atoms with Crippen molar-refractivity contribution in [2.45, 2.75) is 6.61 Å². The Morgan fingerprint density at radius 2 is 1.95 bits per heavy atom. The predicted molar refractivity (Wildman–Crippen MR) is 77.2 cm³/mol. The van der Waals surface area contributed by atoms with Crippen molar-refractivity contribution >= 4 is 21.8 Å². The number of nitrogens with one attached hydrogen (secondary N) is 1. The highest BCUT2D eigenvalue weighted by Gasteiger charge is 2.09. The molecule has 0 radical (unpaired) electrons. The molecule has 4 aromatic rings. The molecule has 0 aliphatic rings. The Morgan fingerprint density at radius 1 is 1.05 bits per heavy atom. The molecule has 20 heavy (non-hydrogen) atoms. The third kappa shape index (κ3) is 1.62. The first-order chi connectivity index (χ1) is 9.85. The number of pyridine rings is 1. The first-order valence-corrected chi connectivity index (χ1v) is 6.41. The lowest BCUT2D eigenvalue weighted by Crippen LogP contribution is -1.81. The van der Waals surface area contributed by atoms with Crippen molar-refractivity contribution in [2.75, 3.05) is 0 Å². The number of fused-ring (bicyclic) bond motifs is 3. The summed E-state index contributed by atoms with van der Waals surface area (Å²) in [5, 5.41) is 11.3. The first-order valence-electron chi connectivity index (χ1n) is 6.41. The zero-order valence-electron chi connectivity index (χ0n) is 10.6. The third-order valence-corrected chi connectivity index (χ3v) is 3.46. The minimum absolute atomic E-state index is 0.102. The molecule has 0 bridgehead atoms. The summed E-state index contributed by atoms with van der Waals surface area (Å²) in [4.78, 5) is 7.75. The molecular formula is C16H12N2O2. The molecule has 0 aliphatic carbocycles. The lowest BCUT2D eigenvalue weighted by atomic mass is 10.1. The SMILES string of the molecule is OCc1ccc(-c2cc3c(cn2)[nH]c2ccccc23)o1. The van der Waals surface area contributed by atoms with Crippen LogP contribution in [0.15, 0.2) is 53.1 Å². The zero-order chi connectivity index (χ0) is 13.5. The minimum atomic E-state index is -0.102. The number of hydrogen-bond acceptors (Lipinski definition) is 3. The van der Waals surface area contributed by atoms with Gasteiger partial charge in [0.1, 0.15) is 18.1 Å². The molecule has 0 amide bonds. The topological polar surface area (TPSA) is 62.1 Å².